The van der Waals surface area contributed by atoms with E-state index in [-0.39, 0.29) is 0 Å². The summed E-state index contributed by atoms with van der Waals surface area (Å²) in [5.74, 6) is 0. The van der Waals surface area contributed by atoms with E-state index in [0.29, 0.717) is 6.54 Å². The fourth-order valence-electron chi connectivity index (χ4n) is 1.13. The number of aryl methyl sites for hydroxylation is 2. The first-order valence-electron chi connectivity index (χ1n) is 3.83. The maximum atomic E-state index is 4.49. The van der Waals surface area contributed by atoms with Gasteiger partial charge in [-0.25, -0.2) is 4.99 Å². The Balaban J connectivity index is 2.88. The molecule has 0 aliphatic rings. The van der Waals surface area contributed by atoms with Crippen LogP contribution < -0.4 is 0 Å². The molecule has 0 fully saturated rings. The van der Waals surface area contributed by atoms with Crippen LogP contribution in [-0.2, 0) is 20.0 Å². The van der Waals surface area contributed by atoms with Gasteiger partial charge in [-0.1, -0.05) is 6.92 Å². The van der Waals surface area contributed by atoms with Gasteiger partial charge in [0.15, 0.2) is 0 Å². The quantitative estimate of drug-likeness (QED) is 0.523. The van der Waals surface area contributed by atoms with Crippen molar-refractivity contribution in [2.75, 3.05) is 0 Å². The van der Waals surface area contributed by atoms with Crippen LogP contribution in [0.4, 0.5) is 0 Å². The molecule has 1 aromatic rings. The molecule has 0 saturated heterocycles. The molecule has 1 aromatic heterocycles. The number of aliphatic imine (C=N–C) groups is 1. The molecule has 0 bridgehead atoms. The van der Waals surface area contributed by atoms with E-state index in [0.717, 1.165) is 17.7 Å². The van der Waals surface area contributed by atoms with E-state index >= 15 is 0 Å². The summed E-state index contributed by atoms with van der Waals surface area (Å²) in [5, 5.41) is 6.62. The van der Waals surface area contributed by atoms with Gasteiger partial charge in [-0.3, -0.25) is 4.68 Å². The van der Waals surface area contributed by atoms with Crippen LogP contribution in [0.2, 0.25) is 0 Å². The van der Waals surface area contributed by atoms with Gasteiger partial charge in [0, 0.05) is 18.8 Å². The van der Waals surface area contributed by atoms with Crippen molar-refractivity contribution in [2.45, 2.75) is 19.9 Å². The zero-order chi connectivity index (χ0) is 8.97. The summed E-state index contributed by atoms with van der Waals surface area (Å²) in [7, 11) is 1.91. The van der Waals surface area contributed by atoms with E-state index in [1.807, 2.05) is 13.2 Å². The molecule has 0 amide bonds. The van der Waals surface area contributed by atoms with Gasteiger partial charge in [0.05, 0.1) is 17.4 Å². The van der Waals surface area contributed by atoms with Crippen molar-refractivity contribution in [1.29, 1.82) is 0 Å². The highest BCUT2D eigenvalue weighted by atomic mass is 32.1. The van der Waals surface area contributed by atoms with Crippen molar-refractivity contribution in [3.63, 3.8) is 0 Å². The lowest BCUT2D eigenvalue weighted by atomic mass is 10.2. The highest BCUT2D eigenvalue weighted by Crippen LogP contribution is 2.07. The second-order valence-electron chi connectivity index (χ2n) is 2.54. The summed E-state index contributed by atoms with van der Waals surface area (Å²) >= 11 is 4.49. The molecule has 0 N–H and O–H groups in total. The highest BCUT2D eigenvalue weighted by molar-refractivity contribution is 7.78. The predicted molar refractivity (Wildman–Crippen MR) is 51.3 cm³/mol. The molecule has 0 aromatic carbocycles. The van der Waals surface area contributed by atoms with Crippen molar-refractivity contribution in [3.8, 4) is 0 Å². The predicted octanol–water partition coefficient (Wildman–Crippen LogP) is 1.59. The third-order valence-corrected chi connectivity index (χ3v) is 1.77. The molecule has 4 heteroatoms. The highest BCUT2D eigenvalue weighted by Gasteiger charge is 2.03. The molecule has 1 rings (SSSR count). The first kappa shape index (κ1) is 9.10. The smallest absolute Gasteiger partial charge is 0.0776 e. The normalized spacial score (nSPS) is 9.50. The molecule has 0 radical (unpaired) electrons. The largest absolute Gasteiger partial charge is 0.275 e. The van der Waals surface area contributed by atoms with Gasteiger partial charge >= 0.3 is 0 Å². The van der Waals surface area contributed by atoms with Crippen LogP contribution in [0.25, 0.3) is 0 Å². The maximum absolute atomic E-state index is 4.49. The van der Waals surface area contributed by atoms with Gasteiger partial charge in [-0.05, 0) is 18.6 Å². The van der Waals surface area contributed by atoms with Crippen molar-refractivity contribution < 1.29 is 0 Å². The molecule has 1 heterocycles. The maximum Gasteiger partial charge on any atom is 0.0776 e. The van der Waals surface area contributed by atoms with Crippen molar-refractivity contribution in [3.05, 3.63) is 17.5 Å². The molecule has 64 valence electrons. The van der Waals surface area contributed by atoms with Gasteiger partial charge in [0.2, 0.25) is 0 Å². The Morgan fingerprint density at radius 3 is 3.08 bits per heavy atom. The Hall–Kier alpha value is -0.990. The average molecular weight is 181 g/mol. The zero-order valence-corrected chi connectivity index (χ0v) is 8.06. The second-order valence-corrected chi connectivity index (χ2v) is 2.72. The zero-order valence-electron chi connectivity index (χ0n) is 7.24. The topological polar surface area (TPSA) is 30.2 Å². The third-order valence-electron chi connectivity index (χ3n) is 1.64. The number of aromatic nitrogens is 2. The minimum atomic E-state index is 0.598. The minimum Gasteiger partial charge on any atom is -0.275 e. The molecule has 0 atom stereocenters. The summed E-state index contributed by atoms with van der Waals surface area (Å²) < 4.78 is 1.80. The SMILES string of the molecule is CCc1nn(C)cc1CN=C=S. The number of hydrogen-bond donors (Lipinski definition) is 0. The molecule has 3 nitrogen and oxygen atoms in total. The Bertz CT molecular complexity index is 310. The van der Waals surface area contributed by atoms with Gasteiger partial charge < -0.3 is 0 Å². The third kappa shape index (κ3) is 2.00. The average Bonchev–Trinajstić information content (AvgIpc) is 2.42. The Morgan fingerprint density at radius 1 is 1.75 bits per heavy atom. The fraction of sp³-hybridized carbons (Fsp3) is 0.500. The summed E-state index contributed by atoms with van der Waals surface area (Å²) in [6.07, 6.45) is 2.90. The van der Waals surface area contributed by atoms with E-state index < -0.39 is 0 Å². The molecule has 0 aliphatic carbocycles. The summed E-state index contributed by atoms with van der Waals surface area (Å²) in [6, 6.07) is 0. The van der Waals surface area contributed by atoms with Crippen LogP contribution in [-0.4, -0.2) is 14.9 Å². The molecule has 0 unspecified atom stereocenters. The van der Waals surface area contributed by atoms with Crippen molar-refractivity contribution in [2.24, 2.45) is 12.0 Å². The van der Waals surface area contributed by atoms with Crippen LogP contribution in [0.15, 0.2) is 11.2 Å². The molecular weight excluding hydrogens is 170 g/mol. The lowest BCUT2D eigenvalue weighted by Crippen LogP contribution is -1.89. The van der Waals surface area contributed by atoms with E-state index in [2.05, 4.69) is 34.4 Å². The van der Waals surface area contributed by atoms with Crippen LogP contribution in [0, 0.1) is 0 Å². The molecular formula is C8H11N3S. The van der Waals surface area contributed by atoms with Crippen LogP contribution >= 0.6 is 12.2 Å². The first-order chi connectivity index (χ1) is 5.77. The number of rotatable bonds is 3. The molecule has 0 aliphatic heterocycles. The number of isothiocyanates is 1. The van der Waals surface area contributed by atoms with E-state index in [1.54, 1.807) is 4.68 Å². The van der Waals surface area contributed by atoms with Crippen LogP contribution in [0.1, 0.15) is 18.2 Å². The number of thiocarbonyl (C=S) groups is 1. The Labute approximate surface area is 77.1 Å². The minimum absolute atomic E-state index is 0.598. The summed E-state index contributed by atoms with van der Waals surface area (Å²) in [4.78, 5) is 3.88. The van der Waals surface area contributed by atoms with E-state index in [4.69, 9.17) is 0 Å². The Kier molecular flexibility index (Phi) is 3.14. The van der Waals surface area contributed by atoms with Crippen molar-refractivity contribution in [1.82, 2.24) is 9.78 Å². The standard InChI is InChI=1S/C8H11N3S/c1-3-8-7(4-9-6-12)5-11(2)10-8/h5H,3-4H2,1-2H3. The molecule has 0 spiro atoms. The molecule has 0 saturated carbocycles. The van der Waals surface area contributed by atoms with Crippen molar-refractivity contribution >= 4 is 17.4 Å². The van der Waals surface area contributed by atoms with Gasteiger partial charge in [-0.15, -0.1) is 0 Å². The van der Waals surface area contributed by atoms with Gasteiger partial charge in [-0.2, -0.15) is 5.10 Å². The summed E-state index contributed by atoms with van der Waals surface area (Å²) in [6.45, 7) is 2.67. The van der Waals surface area contributed by atoms with Crippen LogP contribution in [0.3, 0.4) is 0 Å². The van der Waals surface area contributed by atoms with Gasteiger partial charge in [0.25, 0.3) is 0 Å². The van der Waals surface area contributed by atoms with E-state index in [1.165, 1.54) is 0 Å². The van der Waals surface area contributed by atoms with Gasteiger partial charge in [0.1, 0.15) is 0 Å². The van der Waals surface area contributed by atoms with E-state index in [9.17, 15) is 0 Å². The fourth-order valence-corrected chi connectivity index (χ4v) is 1.20. The molecule has 12 heavy (non-hydrogen) atoms. The summed E-state index contributed by atoms with van der Waals surface area (Å²) in [5.41, 5.74) is 2.23. The Morgan fingerprint density at radius 2 is 2.50 bits per heavy atom. The second kappa shape index (κ2) is 4.14. The number of nitrogens with zero attached hydrogens (tertiary/aromatic N) is 3. The first-order valence-corrected chi connectivity index (χ1v) is 4.23. The monoisotopic (exact) mass is 181 g/mol. The lowest BCUT2D eigenvalue weighted by molar-refractivity contribution is 0.746. The number of hydrogen-bond acceptors (Lipinski definition) is 3. The lowest BCUT2D eigenvalue weighted by Gasteiger charge is -1.91. The van der Waals surface area contributed by atoms with Crippen LogP contribution in [0.5, 0.6) is 0 Å².